The summed E-state index contributed by atoms with van der Waals surface area (Å²) < 4.78 is 27.7. The monoisotopic (exact) mass is 382 g/mol. The van der Waals surface area contributed by atoms with E-state index in [1.807, 2.05) is 36.4 Å². The molecule has 0 radical (unpaired) electrons. The second kappa shape index (κ2) is 7.61. The molecule has 0 unspecified atom stereocenters. The van der Waals surface area contributed by atoms with Crippen LogP contribution in [0.3, 0.4) is 0 Å². The number of amides is 1. The molecule has 0 aliphatic rings. The lowest BCUT2D eigenvalue weighted by Gasteiger charge is -2.04. The van der Waals surface area contributed by atoms with Crippen LogP contribution in [0.1, 0.15) is 5.56 Å². The van der Waals surface area contributed by atoms with E-state index >= 15 is 0 Å². The van der Waals surface area contributed by atoms with Gasteiger partial charge >= 0.3 is 0 Å². The zero-order valence-electron chi connectivity index (χ0n) is 14.5. The Kier molecular flexibility index (Phi) is 5.25. The third kappa shape index (κ3) is 4.72. The molecule has 3 N–H and O–H groups in total. The lowest BCUT2D eigenvalue weighted by atomic mass is 10.1. The molecule has 3 aromatic rings. The van der Waals surface area contributed by atoms with Crippen LogP contribution in [0.25, 0.3) is 16.8 Å². The number of benzene rings is 3. The smallest absolute Gasteiger partial charge is 0.248 e. The highest BCUT2D eigenvalue weighted by molar-refractivity contribution is 7.89. The van der Waals surface area contributed by atoms with Gasteiger partial charge in [0.25, 0.3) is 0 Å². The van der Waals surface area contributed by atoms with Crippen LogP contribution in [-0.4, -0.2) is 21.4 Å². The number of primary sulfonamides is 1. The van der Waals surface area contributed by atoms with E-state index in [9.17, 15) is 13.2 Å². The van der Waals surface area contributed by atoms with Gasteiger partial charge in [-0.25, -0.2) is 13.6 Å². The minimum atomic E-state index is -3.75. The van der Waals surface area contributed by atoms with Crippen LogP contribution in [0, 0.1) is 0 Å². The first-order valence-electron chi connectivity index (χ1n) is 8.05. The van der Waals surface area contributed by atoms with E-state index in [4.69, 9.17) is 9.88 Å². The predicted octanol–water partition coefficient (Wildman–Crippen LogP) is 3.15. The number of nitrogens with one attached hydrogen (secondary N) is 1. The Labute approximate surface area is 157 Å². The number of methoxy groups -OCH3 is 1. The van der Waals surface area contributed by atoms with Gasteiger partial charge in [-0.05, 0) is 64.9 Å². The molecule has 138 valence electrons. The van der Waals surface area contributed by atoms with Gasteiger partial charge in [-0.1, -0.05) is 18.2 Å². The van der Waals surface area contributed by atoms with Crippen LogP contribution in [0.4, 0.5) is 5.69 Å². The number of hydrogen-bond donors (Lipinski definition) is 2. The Morgan fingerprint density at radius 3 is 2.33 bits per heavy atom. The zero-order valence-corrected chi connectivity index (χ0v) is 15.4. The molecule has 0 atom stereocenters. The summed E-state index contributed by atoms with van der Waals surface area (Å²) in [6, 6.07) is 17.3. The number of fused-ring (bicyclic) bond motifs is 1. The van der Waals surface area contributed by atoms with E-state index in [1.165, 1.54) is 30.3 Å². The van der Waals surface area contributed by atoms with E-state index in [0.717, 1.165) is 22.1 Å². The molecule has 1 amide bonds. The minimum absolute atomic E-state index is 0.0103. The van der Waals surface area contributed by atoms with Crippen molar-refractivity contribution in [3.8, 4) is 5.75 Å². The Balaban J connectivity index is 1.70. The van der Waals surface area contributed by atoms with Crippen molar-refractivity contribution >= 4 is 38.5 Å². The standard InChI is InChI=1S/C20H18N2O4S/c1-26-18-8-5-15-12-14(2-4-16(15)13-18)3-11-20(23)22-17-6-9-19(10-7-17)27(21,24)25/h2-13H,1H3,(H,22,23)(H2,21,24,25)/b11-3+. The molecule has 3 rings (SSSR count). The third-order valence-electron chi connectivity index (χ3n) is 3.95. The molecule has 0 bridgehead atoms. The maximum Gasteiger partial charge on any atom is 0.248 e. The number of sulfonamides is 1. The van der Waals surface area contributed by atoms with Crippen LogP contribution in [0.2, 0.25) is 0 Å². The average Bonchev–Trinajstić information content (AvgIpc) is 2.65. The normalized spacial score (nSPS) is 11.6. The highest BCUT2D eigenvalue weighted by Gasteiger charge is 2.07. The molecule has 27 heavy (non-hydrogen) atoms. The van der Waals surface area contributed by atoms with E-state index in [2.05, 4.69) is 5.32 Å². The Hall–Kier alpha value is -3.16. The summed E-state index contributed by atoms with van der Waals surface area (Å²) >= 11 is 0. The van der Waals surface area contributed by atoms with Gasteiger partial charge in [-0.2, -0.15) is 0 Å². The molecule has 3 aromatic carbocycles. The van der Waals surface area contributed by atoms with Gasteiger partial charge in [0.2, 0.25) is 15.9 Å². The van der Waals surface area contributed by atoms with Gasteiger partial charge in [0, 0.05) is 11.8 Å². The van der Waals surface area contributed by atoms with E-state index in [-0.39, 0.29) is 10.8 Å². The van der Waals surface area contributed by atoms with Gasteiger partial charge in [0.1, 0.15) is 5.75 Å². The summed E-state index contributed by atoms with van der Waals surface area (Å²) in [5.74, 6) is 0.465. The topological polar surface area (TPSA) is 98.5 Å². The van der Waals surface area contributed by atoms with Crippen LogP contribution < -0.4 is 15.2 Å². The second-order valence-electron chi connectivity index (χ2n) is 5.86. The lowest BCUT2D eigenvalue weighted by Crippen LogP contribution is -2.12. The van der Waals surface area contributed by atoms with Crippen molar-refractivity contribution in [3.05, 3.63) is 72.3 Å². The Morgan fingerprint density at radius 2 is 1.67 bits per heavy atom. The van der Waals surface area contributed by atoms with Crippen molar-refractivity contribution in [1.82, 2.24) is 0 Å². The second-order valence-corrected chi connectivity index (χ2v) is 7.43. The predicted molar refractivity (Wildman–Crippen MR) is 106 cm³/mol. The molecule has 0 spiro atoms. The molecule has 6 nitrogen and oxygen atoms in total. The third-order valence-corrected chi connectivity index (χ3v) is 4.88. The number of hydrogen-bond acceptors (Lipinski definition) is 4. The fourth-order valence-corrected chi connectivity index (χ4v) is 3.07. The summed E-state index contributed by atoms with van der Waals surface area (Å²) in [6.07, 6.45) is 3.12. The van der Waals surface area contributed by atoms with Crippen molar-refractivity contribution in [3.63, 3.8) is 0 Å². The summed E-state index contributed by atoms with van der Waals surface area (Å²) in [5.41, 5.74) is 1.36. The molecular weight excluding hydrogens is 364 g/mol. The van der Waals surface area contributed by atoms with Gasteiger partial charge in [0.15, 0.2) is 0 Å². The van der Waals surface area contributed by atoms with Crippen molar-refractivity contribution in [2.45, 2.75) is 4.90 Å². The van der Waals surface area contributed by atoms with Crippen molar-refractivity contribution in [2.75, 3.05) is 12.4 Å². The van der Waals surface area contributed by atoms with E-state index in [1.54, 1.807) is 13.2 Å². The lowest BCUT2D eigenvalue weighted by molar-refractivity contribution is -0.111. The van der Waals surface area contributed by atoms with Crippen LogP contribution in [0.15, 0.2) is 71.6 Å². The Bertz CT molecular complexity index is 1120. The summed E-state index contributed by atoms with van der Waals surface area (Å²) in [5, 5.41) is 9.79. The molecule has 0 aliphatic heterocycles. The summed E-state index contributed by atoms with van der Waals surface area (Å²) in [7, 11) is -2.13. The van der Waals surface area contributed by atoms with Crippen molar-refractivity contribution < 1.29 is 17.9 Å². The molecule has 0 aromatic heterocycles. The number of anilines is 1. The van der Waals surface area contributed by atoms with Gasteiger partial charge in [0.05, 0.1) is 12.0 Å². The molecule has 0 aliphatic carbocycles. The van der Waals surface area contributed by atoms with Crippen molar-refractivity contribution in [1.29, 1.82) is 0 Å². The van der Waals surface area contributed by atoms with Crippen LogP contribution in [0.5, 0.6) is 5.75 Å². The molecule has 7 heteroatoms. The molecule has 0 fully saturated rings. The highest BCUT2D eigenvalue weighted by atomic mass is 32.2. The number of carbonyl (C=O) groups is 1. The zero-order chi connectivity index (χ0) is 19.4. The van der Waals surface area contributed by atoms with Gasteiger partial charge in [-0.15, -0.1) is 0 Å². The average molecular weight is 382 g/mol. The van der Waals surface area contributed by atoms with Crippen LogP contribution in [-0.2, 0) is 14.8 Å². The fraction of sp³-hybridized carbons (Fsp3) is 0.0500. The molecule has 0 saturated carbocycles. The first-order valence-corrected chi connectivity index (χ1v) is 9.59. The minimum Gasteiger partial charge on any atom is -0.497 e. The molecule has 0 heterocycles. The summed E-state index contributed by atoms with van der Waals surface area (Å²) in [6.45, 7) is 0. The fourth-order valence-electron chi connectivity index (χ4n) is 2.56. The van der Waals surface area contributed by atoms with Crippen molar-refractivity contribution in [2.24, 2.45) is 5.14 Å². The summed E-state index contributed by atoms with van der Waals surface area (Å²) in [4.78, 5) is 12.0. The number of carbonyl (C=O) groups excluding carboxylic acids is 1. The quantitative estimate of drug-likeness (QED) is 0.662. The first-order chi connectivity index (χ1) is 12.8. The number of rotatable bonds is 5. The SMILES string of the molecule is COc1ccc2cc(/C=C/C(=O)Nc3ccc(S(N)(=O)=O)cc3)ccc2c1. The Morgan fingerprint density at radius 1 is 1.00 bits per heavy atom. The number of ether oxygens (including phenoxy) is 1. The van der Waals surface area contributed by atoms with Crippen LogP contribution >= 0.6 is 0 Å². The maximum atomic E-state index is 12.1. The van der Waals surface area contributed by atoms with Gasteiger partial charge in [-0.3, -0.25) is 4.79 Å². The molecule has 0 saturated heterocycles. The molecular formula is C20H18N2O4S. The highest BCUT2D eigenvalue weighted by Crippen LogP contribution is 2.22. The van der Waals surface area contributed by atoms with Gasteiger partial charge < -0.3 is 10.1 Å². The van der Waals surface area contributed by atoms with E-state index in [0.29, 0.717) is 5.69 Å². The largest absolute Gasteiger partial charge is 0.497 e. The maximum absolute atomic E-state index is 12.1. The van der Waals surface area contributed by atoms with E-state index < -0.39 is 10.0 Å². The number of nitrogens with two attached hydrogens (primary N) is 1. The first kappa shape index (κ1) is 18.6.